The van der Waals surface area contributed by atoms with Crippen LogP contribution in [0.4, 0.5) is 0 Å². The number of aryl methyl sites for hydroxylation is 1. The van der Waals surface area contributed by atoms with E-state index in [9.17, 15) is 4.79 Å². The molecule has 2 heterocycles. The van der Waals surface area contributed by atoms with Crippen molar-refractivity contribution in [1.29, 1.82) is 0 Å². The Kier molecular flexibility index (Phi) is 4.73. The van der Waals surface area contributed by atoms with Crippen LogP contribution in [0.3, 0.4) is 0 Å². The second-order valence-corrected chi connectivity index (χ2v) is 7.02. The molecule has 0 fully saturated rings. The molecule has 1 aliphatic heterocycles. The molecule has 0 bridgehead atoms. The number of hydrogen-bond donors (Lipinski definition) is 0. The molecule has 3 aromatic rings. The fraction of sp³-hybridized carbons (Fsp3) is 0.286. The summed E-state index contributed by atoms with van der Waals surface area (Å²) in [5.41, 5.74) is 2.12. The summed E-state index contributed by atoms with van der Waals surface area (Å²) in [7, 11) is 0. The molecule has 2 aromatic carbocycles. The molecule has 0 N–H and O–H groups in total. The predicted molar refractivity (Wildman–Crippen MR) is 103 cm³/mol. The van der Waals surface area contributed by atoms with Crippen LogP contribution in [0.25, 0.3) is 11.4 Å². The van der Waals surface area contributed by atoms with Crippen molar-refractivity contribution < 1.29 is 19.0 Å². The van der Waals surface area contributed by atoms with Gasteiger partial charge in [-0.3, -0.25) is 4.79 Å². The second kappa shape index (κ2) is 7.34. The molecule has 0 radical (unpaired) electrons. The third-order valence-corrected chi connectivity index (χ3v) is 4.33. The maximum Gasteiger partial charge on any atom is 0.336 e. The van der Waals surface area contributed by atoms with Crippen molar-refractivity contribution in [3.05, 3.63) is 53.6 Å². The number of benzene rings is 2. The highest BCUT2D eigenvalue weighted by molar-refractivity contribution is 5.98. The third kappa shape index (κ3) is 3.43. The maximum absolute atomic E-state index is 13.2. The number of carbonyl (C=O) groups excluding carboxylic acids is 1. The zero-order valence-electron chi connectivity index (χ0n) is 16.0. The predicted octanol–water partition coefficient (Wildman–Crippen LogP) is 3.71. The third-order valence-electron chi connectivity index (χ3n) is 4.33. The van der Waals surface area contributed by atoms with Crippen LogP contribution in [0.15, 0.2) is 42.5 Å². The van der Waals surface area contributed by atoms with E-state index in [2.05, 4.69) is 10.1 Å². The van der Waals surface area contributed by atoms with Crippen LogP contribution < -0.4 is 14.2 Å². The second-order valence-electron chi connectivity index (χ2n) is 7.02. The minimum atomic E-state index is -0.266. The van der Waals surface area contributed by atoms with Crippen molar-refractivity contribution >= 4 is 5.91 Å². The zero-order chi connectivity index (χ0) is 19.7. The number of nitrogens with zero attached hydrogens (tertiary/aromatic N) is 3. The van der Waals surface area contributed by atoms with Crippen LogP contribution in [-0.2, 0) is 0 Å². The molecule has 1 aromatic heterocycles. The number of hydrogen-bond acceptors (Lipinski definition) is 6. The quantitative estimate of drug-likeness (QED) is 0.673. The van der Waals surface area contributed by atoms with Crippen molar-refractivity contribution in [3.8, 4) is 28.9 Å². The summed E-state index contributed by atoms with van der Waals surface area (Å²) in [5, 5.41) is 4.33. The molecule has 7 heteroatoms. The standard InChI is InChI=1S/C21H21N3O4/c1-13(2)11-26-21-22-19(15-8-9-17-18(10-15)28-12-27-17)24(23-21)20(25)16-7-5-4-6-14(16)3/h4-10,13H,11-12H2,1-3H3. The van der Waals surface area contributed by atoms with Crippen molar-refractivity contribution in [2.24, 2.45) is 5.92 Å². The molecular weight excluding hydrogens is 358 g/mol. The van der Waals surface area contributed by atoms with Gasteiger partial charge in [0.05, 0.1) is 6.61 Å². The first kappa shape index (κ1) is 18.0. The first-order valence-corrected chi connectivity index (χ1v) is 9.13. The Bertz CT molecular complexity index is 1030. The smallest absolute Gasteiger partial charge is 0.336 e. The van der Waals surface area contributed by atoms with Crippen LogP contribution in [0.1, 0.15) is 29.8 Å². The monoisotopic (exact) mass is 379 g/mol. The topological polar surface area (TPSA) is 75.5 Å². The minimum absolute atomic E-state index is 0.170. The Balaban J connectivity index is 1.78. The highest BCUT2D eigenvalue weighted by Gasteiger charge is 2.23. The molecular formula is C21H21N3O4. The van der Waals surface area contributed by atoms with Crippen molar-refractivity contribution in [2.75, 3.05) is 13.4 Å². The summed E-state index contributed by atoms with van der Waals surface area (Å²) in [4.78, 5) is 17.7. The fourth-order valence-electron chi connectivity index (χ4n) is 2.89. The SMILES string of the molecule is Cc1ccccc1C(=O)n1nc(OCC(C)C)nc1-c1ccc2c(c1)OCO2. The maximum atomic E-state index is 13.2. The van der Waals surface area contributed by atoms with Gasteiger partial charge in [-0.1, -0.05) is 32.0 Å². The molecule has 1 aliphatic rings. The van der Waals surface area contributed by atoms with Gasteiger partial charge in [0.2, 0.25) is 6.79 Å². The van der Waals surface area contributed by atoms with E-state index in [1.807, 2.05) is 45.0 Å². The normalized spacial score (nSPS) is 12.4. The van der Waals surface area contributed by atoms with E-state index in [0.717, 1.165) is 5.56 Å². The first-order valence-electron chi connectivity index (χ1n) is 9.13. The Hall–Kier alpha value is -3.35. The summed E-state index contributed by atoms with van der Waals surface area (Å²) in [6.07, 6.45) is 0. The zero-order valence-corrected chi connectivity index (χ0v) is 16.0. The minimum Gasteiger partial charge on any atom is -0.462 e. The summed E-state index contributed by atoms with van der Waals surface area (Å²) >= 11 is 0. The van der Waals surface area contributed by atoms with Crippen LogP contribution in [0, 0.1) is 12.8 Å². The van der Waals surface area contributed by atoms with E-state index in [0.29, 0.717) is 41.0 Å². The average Bonchev–Trinajstić information content (AvgIpc) is 3.32. The van der Waals surface area contributed by atoms with Gasteiger partial charge in [-0.15, -0.1) is 5.10 Å². The number of fused-ring (bicyclic) bond motifs is 1. The highest BCUT2D eigenvalue weighted by Crippen LogP contribution is 2.36. The lowest BCUT2D eigenvalue weighted by Gasteiger charge is -2.07. The molecule has 0 spiro atoms. The van der Waals surface area contributed by atoms with Gasteiger partial charge in [0.15, 0.2) is 17.3 Å². The van der Waals surface area contributed by atoms with Crippen LogP contribution in [-0.4, -0.2) is 34.1 Å². The molecule has 0 aliphatic carbocycles. The fourth-order valence-corrected chi connectivity index (χ4v) is 2.89. The van der Waals surface area contributed by atoms with Crippen molar-refractivity contribution in [3.63, 3.8) is 0 Å². The summed E-state index contributed by atoms with van der Waals surface area (Å²) in [5.74, 6) is 1.72. The van der Waals surface area contributed by atoms with Gasteiger partial charge in [-0.25, -0.2) is 0 Å². The van der Waals surface area contributed by atoms with Gasteiger partial charge >= 0.3 is 6.01 Å². The molecule has 0 saturated heterocycles. The number of ether oxygens (including phenoxy) is 3. The van der Waals surface area contributed by atoms with Crippen LogP contribution >= 0.6 is 0 Å². The number of rotatable bonds is 5. The molecule has 0 atom stereocenters. The lowest BCUT2D eigenvalue weighted by atomic mass is 10.1. The Morgan fingerprint density at radius 2 is 1.96 bits per heavy atom. The summed E-state index contributed by atoms with van der Waals surface area (Å²) in [6, 6.07) is 13.0. The Labute approximate surface area is 162 Å². The van der Waals surface area contributed by atoms with E-state index >= 15 is 0 Å². The first-order chi connectivity index (χ1) is 13.5. The van der Waals surface area contributed by atoms with E-state index in [-0.39, 0.29) is 18.7 Å². The Morgan fingerprint density at radius 1 is 1.18 bits per heavy atom. The van der Waals surface area contributed by atoms with Gasteiger partial charge in [-0.05, 0) is 42.7 Å². The molecule has 0 amide bonds. The van der Waals surface area contributed by atoms with Gasteiger partial charge < -0.3 is 14.2 Å². The van der Waals surface area contributed by atoms with Gasteiger partial charge in [0.25, 0.3) is 5.91 Å². The lowest BCUT2D eigenvalue weighted by Crippen LogP contribution is -2.16. The number of carbonyl (C=O) groups is 1. The van der Waals surface area contributed by atoms with Crippen LogP contribution in [0.2, 0.25) is 0 Å². The van der Waals surface area contributed by atoms with E-state index in [1.165, 1.54) is 4.68 Å². The lowest BCUT2D eigenvalue weighted by molar-refractivity contribution is 0.0943. The molecule has 0 saturated carbocycles. The largest absolute Gasteiger partial charge is 0.462 e. The van der Waals surface area contributed by atoms with Crippen LogP contribution in [0.5, 0.6) is 17.5 Å². The average molecular weight is 379 g/mol. The van der Waals surface area contributed by atoms with Gasteiger partial charge in [0, 0.05) is 11.1 Å². The molecule has 0 unspecified atom stereocenters. The summed E-state index contributed by atoms with van der Waals surface area (Å²) < 4.78 is 17.8. The molecule has 28 heavy (non-hydrogen) atoms. The number of aromatic nitrogens is 3. The molecule has 4 rings (SSSR count). The van der Waals surface area contributed by atoms with E-state index < -0.39 is 0 Å². The molecule has 7 nitrogen and oxygen atoms in total. The van der Waals surface area contributed by atoms with Gasteiger partial charge in [-0.2, -0.15) is 9.67 Å². The van der Waals surface area contributed by atoms with E-state index in [4.69, 9.17) is 14.2 Å². The molecule has 144 valence electrons. The highest BCUT2D eigenvalue weighted by atomic mass is 16.7. The van der Waals surface area contributed by atoms with Gasteiger partial charge in [0.1, 0.15) is 0 Å². The van der Waals surface area contributed by atoms with E-state index in [1.54, 1.807) is 18.2 Å². The Morgan fingerprint density at radius 3 is 2.75 bits per heavy atom. The summed E-state index contributed by atoms with van der Waals surface area (Å²) in [6.45, 7) is 6.60. The van der Waals surface area contributed by atoms with Crippen molar-refractivity contribution in [2.45, 2.75) is 20.8 Å². The van der Waals surface area contributed by atoms with Crippen molar-refractivity contribution in [1.82, 2.24) is 14.8 Å².